The van der Waals surface area contributed by atoms with Gasteiger partial charge in [-0.3, -0.25) is 0 Å². The Morgan fingerprint density at radius 2 is 0.815 bits per heavy atom. The van der Waals surface area contributed by atoms with Gasteiger partial charge in [0.1, 0.15) is 0 Å². The first-order valence-electron chi connectivity index (χ1n) is 5.53. The van der Waals surface area contributed by atoms with Crippen molar-refractivity contribution in [3.63, 3.8) is 0 Å². The number of hydrogen-bond donors (Lipinski definition) is 0. The molecule has 1 fully saturated rings. The standard InChI is InChI=1S/C8F16O2S/c9-1(4(14,15)8(21,22)23)2(10,11)5(16,17)7(20,27(24,25)26)6(18,19)3(1,12)13. The van der Waals surface area contributed by atoms with Gasteiger partial charge in [-0.25, -0.2) is 8.78 Å². The summed E-state index contributed by atoms with van der Waals surface area (Å²) in [6.07, 6.45) is -7.98. The van der Waals surface area contributed by atoms with Crippen LogP contribution in [0.2, 0.25) is 0 Å². The summed E-state index contributed by atoms with van der Waals surface area (Å²) in [5.41, 5.74) is -8.65. The molecular formula is C8F16O2S. The summed E-state index contributed by atoms with van der Waals surface area (Å²) in [5.74, 6) is -42.3. The predicted octanol–water partition coefficient (Wildman–Crippen LogP) is 4.41. The summed E-state index contributed by atoms with van der Waals surface area (Å²) in [5, 5.41) is -8.13. The van der Waals surface area contributed by atoms with Gasteiger partial charge < -0.3 is 0 Å². The highest BCUT2D eigenvalue weighted by Gasteiger charge is 3.08. The van der Waals surface area contributed by atoms with Gasteiger partial charge in [0, 0.05) is 0 Å². The maximum atomic E-state index is 13.7. The Labute approximate surface area is 136 Å². The summed E-state index contributed by atoms with van der Waals surface area (Å²) < 4.78 is 229. The second-order valence-electron chi connectivity index (χ2n) is 5.06. The van der Waals surface area contributed by atoms with Crippen LogP contribution >= 0.6 is 0 Å². The zero-order valence-electron chi connectivity index (χ0n) is 11.3. The lowest BCUT2D eigenvalue weighted by atomic mass is 9.69. The van der Waals surface area contributed by atoms with Crippen molar-refractivity contribution in [2.75, 3.05) is 0 Å². The van der Waals surface area contributed by atoms with Crippen LogP contribution in [0, 0.1) is 0 Å². The van der Waals surface area contributed by atoms with Crippen molar-refractivity contribution >= 4 is 10.2 Å². The average Bonchev–Trinajstić information content (AvgIpc) is 2.40. The first kappa shape index (κ1) is 23.9. The Morgan fingerprint density at radius 1 is 0.556 bits per heavy atom. The smallest absolute Gasteiger partial charge is 0.223 e. The van der Waals surface area contributed by atoms with E-state index >= 15 is 0 Å². The minimum atomic E-state index is -8.65. The van der Waals surface area contributed by atoms with E-state index in [0.717, 1.165) is 0 Å². The van der Waals surface area contributed by atoms with Gasteiger partial charge in [-0.15, -0.1) is 3.89 Å². The van der Waals surface area contributed by atoms with Crippen molar-refractivity contribution in [1.29, 1.82) is 0 Å². The molecule has 1 rings (SSSR count). The van der Waals surface area contributed by atoms with Gasteiger partial charge in [-0.05, 0) is 0 Å². The molecule has 0 saturated heterocycles. The van der Waals surface area contributed by atoms with Crippen molar-refractivity contribution in [3.05, 3.63) is 0 Å². The molecule has 0 radical (unpaired) electrons. The quantitative estimate of drug-likeness (QED) is 0.449. The third-order valence-corrected chi connectivity index (χ3v) is 4.77. The van der Waals surface area contributed by atoms with Crippen LogP contribution in [0.4, 0.5) is 69.7 Å². The van der Waals surface area contributed by atoms with Gasteiger partial charge >= 0.3 is 56.7 Å². The molecule has 162 valence electrons. The molecule has 2 nitrogen and oxygen atoms in total. The Balaban J connectivity index is 4.26. The maximum absolute atomic E-state index is 13.7. The van der Waals surface area contributed by atoms with Crippen molar-refractivity contribution in [2.45, 2.75) is 46.5 Å². The van der Waals surface area contributed by atoms with Gasteiger partial charge in [0.25, 0.3) is 0 Å². The summed E-state index contributed by atoms with van der Waals surface area (Å²) in [6, 6.07) is 0. The van der Waals surface area contributed by atoms with Crippen molar-refractivity contribution in [1.82, 2.24) is 0 Å². The molecule has 0 bridgehead atoms. The zero-order valence-corrected chi connectivity index (χ0v) is 12.1. The van der Waals surface area contributed by atoms with Crippen molar-refractivity contribution < 1.29 is 78.2 Å². The fraction of sp³-hybridized carbons (Fsp3) is 1.00. The molecule has 1 aliphatic carbocycles. The molecular weight excluding hydrogens is 464 g/mol. The van der Waals surface area contributed by atoms with Crippen molar-refractivity contribution in [2.24, 2.45) is 0 Å². The molecule has 0 aliphatic heterocycles. The lowest BCUT2D eigenvalue weighted by Crippen LogP contribution is -2.90. The fourth-order valence-electron chi connectivity index (χ4n) is 2.13. The number of hydrogen-bond acceptors (Lipinski definition) is 2. The predicted molar refractivity (Wildman–Crippen MR) is 48.5 cm³/mol. The first-order chi connectivity index (χ1) is 11.2. The Hall–Kier alpha value is -1.17. The van der Waals surface area contributed by atoms with E-state index in [4.69, 9.17) is 0 Å². The topological polar surface area (TPSA) is 34.1 Å². The minimum Gasteiger partial charge on any atom is -0.223 e. The molecule has 0 spiro atoms. The molecule has 0 aromatic rings. The second-order valence-corrected chi connectivity index (χ2v) is 6.50. The van der Waals surface area contributed by atoms with Gasteiger partial charge in [0.2, 0.25) is 0 Å². The van der Waals surface area contributed by atoms with Gasteiger partial charge in [-0.1, -0.05) is 0 Å². The van der Waals surface area contributed by atoms with Crippen LogP contribution in [-0.2, 0) is 10.2 Å². The minimum absolute atomic E-state index is 7.98. The highest BCUT2D eigenvalue weighted by atomic mass is 32.3. The summed E-state index contributed by atoms with van der Waals surface area (Å²) in [4.78, 5) is 0. The molecule has 0 heterocycles. The van der Waals surface area contributed by atoms with E-state index in [2.05, 4.69) is 0 Å². The van der Waals surface area contributed by atoms with E-state index in [9.17, 15) is 78.2 Å². The van der Waals surface area contributed by atoms with E-state index in [0.29, 0.717) is 0 Å². The lowest BCUT2D eigenvalue weighted by molar-refractivity contribution is -0.493. The van der Waals surface area contributed by atoms with Crippen LogP contribution in [0.3, 0.4) is 0 Å². The molecule has 19 heteroatoms. The SMILES string of the molecule is O=S(=O)(F)C1(F)C(F)(F)C(F)(F)C(F)(C(F)(F)C(F)(F)F)C(F)(F)C1(F)F. The van der Waals surface area contributed by atoms with Crippen LogP contribution in [0.25, 0.3) is 0 Å². The maximum Gasteiger partial charge on any atom is 0.457 e. The van der Waals surface area contributed by atoms with Crippen molar-refractivity contribution in [3.8, 4) is 0 Å². The number of alkyl halides is 15. The third kappa shape index (κ3) is 2.03. The number of halogens is 16. The second kappa shape index (κ2) is 5.05. The first-order valence-corrected chi connectivity index (χ1v) is 6.91. The molecule has 0 aromatic heterocycles. The highest BCUT2D eigenvalue weighted by molar-refractivity contribution is 7.87. The van der Waals surface area contributed by atoms with Crippen LogP contribution in [0.5, 0.6) is 0 Å². The van der Waals surface area contributed by atoms with Gasteiger partial charge in [0.15, 0.2) is 0 Å². The molecule has 27 heavy (non-hydrogen) atoms. The normalized spacial score (nSPS) is 35.7. The average molecular weight is 464 g/mol. The Morgan fingerprint density at radius 3 is 1.00 bits per heavy atom. The Bertz CT molecular complexity index is 704. The summed E-state index contributed by atoms with van der Waals surface area (Å²) in [6.45, 7) is 0. The van der Waals surface area contributed by atoms with Crippen LogP contribution in [0.1, 0.15) is 0 Å². The fourth-order valence-corrected chi connectivity index (χ4v) is 3.00. The number of rotatable bonds is 2. The van der Waals surface area contributed by atoms with E-state index in [1.165, 1.54) is 0 Å². The molecule has 0 amide bonds. The van der Waals surface area contributed by atoms with E-state index in [-0.39, 0.29) is 0 Å². The molecule has 1 aliphatic rings. The Kier molecular flexibility index (Phi) is 4.47. The van der Waals surface area contributed by atoms with Gasteiger partial charge in [-0.2, -0.15) is 65.5 Å². The van der Waals surface area contributed by atoms with Gasteiger partial charge in [0.05, 0.1) is 0 Å². The van der Waals surface area contributed by atoms with Crippen LogP contribution in [0.15, 0.2) is 0 Å². The summed E-state index contributed by atoms with van der Waals surface area (Å²) in [7, 11) is -8.63. The molecule has 0 aromatic carbocycles. The van der Waals surface area contributed by atoms with E-state index in [1.54, 1.807) is 0 Å². The highest BCUT2D eigenvalue weighted by Crippen LogP contribution is 2.74. The van der Waals surface area contributed by atoms with E-state index in [1.807, 2.05) is 0 Å². The van der Waals surface area contributed by atoms with Crippen LogP contribution < -0.4 is 0 Å². The molecule has 0 N–H and O–H groups in total. The zero-order chi connectivity index (χ0) is 22.5. The lowest BCUT2D eigenvalue weighted by Gasteiger charge is -2.55. The monoisotopic (exact) mass is 464 g/mol. The largest absolute Gasteiger partial charge is 0.457 e. The van der Waals surface area contributed by atoms with Crippen LogP contribution in [-0.4, -0.2) is 54.9 Å². The molecule has 0 unspecified atom stereocenters. The molecule has 1 saturated carbocycles. The third-order valence-electron chi connectivity index (χ3n) is 3.59. The summed E-state index contributed by atoms with van der Waals surface area (Å²) >= 11 is 0. The molecule has 0 atom stereocenters. The van der Waals surface area contributed by atoms with E-state index < -0.39 is 56.7 Å².